The number of carbonyl (C=O) groups is 4. The summed E-state index contributed by atoms with van der Waals surface area (Å²) in [7, 11) is 1.25. The number of piperidine rings is 2. The minimum Gasteiger partial charge on any atom is -0.466 e. The third kappa shape index (κ3) is 7.98. The van der Waals surface area contributed by atoms with Crippen LogP contribution in [0.1, 0.15) is 48.7 Å². The molecule has 2 aromatic heterocycles. The van der Waals surface area contributed by atoms with Gasteiger partial charge in [0.1, 0.15) is 23.9 Å². The Hall–Kier alpha value is -4.75. The highest BCUT2D eigenvalue weighted by Crippen LogP contribution is 2.33. The van der Waals surface area contributed by atoms with E-state index in [2.05, 4.69) is 32.5 Å². The number of amides is 3. The first-order valence-electron chi connectivity index (χ1n) is 15.8. The molecule has 0 saturated carbocycles. The third-order valence-electron chi connectivity index (χ3n) is 8.83. The van der Waals surface area contributed by atoms with Crippen molar-refractivity contribution in [1.82, 2.24) is 20.1 Å². The number of hydrogen-bond acceptors (Lipinski definition) is 9. The molecule has 0 spiro atoms. The third-order valence-corrected chi connectivity index (χ3v) is 8.83. The summed E-state index contributed by atoms with van der Waals surface area (Å²) < 4.78 is 11.6. The number of para-hydroxylation sites is 1. The maximum absolute atomic E-state index is 13.5. The highest BCUT2D eigenvalue weighted by molar-refractivity contribution is 6.03. The molecule has 3 amide bonds. The van der Waals surface area contributed by atoms with E-state index in [0.29, 0.717) is 23.6 Å². The van der Waals surface area contributed by atoms with Gasteiger partial charge in [-0.25, -0.2) is 4.79 Å². The number of nitrogens with one attached hydrogen (secondary N) is 3. The molecule has 2 saturated heterocycles. The molecule has 1 aromatic carbocycles. The number of fused-ring (bicyclic) bond motifs is 3. The highest BCUT2D eigenvalue weighted by Gasteiger charge is 2.39. The van der Waals surface area contributed by atoms with Gasteiger partial charge < -0.3 is 34.8 Å². The molecule has 4 N–H and O–H groups in total. The average molecular weight is 648 g/mol. The van der Waals surface area contributed by atoms with Crippen LogP contribution < -0.4 is 21.5 Å². The largest absolute Gasteiger partial charge is 0.466 e. The lowest BCUT2D eigenvalue weighted by atomic mass is 9.81. The van der Waals surface area contributed by atoms with Gasteiger partial charge in [-0.05, 0) is 62.6 Å². The molecule has 3 aromatic rings. The van der Waals surface area contributed by atoms with Crippen LogP contribution >= 0.6 is 0 Å². The van der Waals surface area contributed by atoms with Gasteiger partial charge >= 0.3 is 5.97 Å². The Labute approximate surface area is 271 Å². The number of esters is 1. The van der Waals surface area contributed by atoms with Gasteiger partial charge in [-0.1, -0.05) is 31.2 Å². The summed E-state index contributed by atoms with van der Waals surface area (Å²) in [5, 5.41) is 19.3. The van der Waals surface area contributed by atoms with Crippen molar-refractivity contribution in [3.63, 3.8) is 0 Å². The molecule has 2 fully saturated rings. The highest BCUT2D eigenvalue weighted by atomic mass is 16.5. The number of rotatable bonds is 11. The van der Waals surface area contributed by atoms with Crippen molar-refractivity contribution < 1.29 is 33.4 Å². The lowest BCUT2D eigenvalue weighted by Crippen LogP contribution is -2.61. The van der Waals surface area contributed by atoms with Crippen LogP contribution in [0, 0.1) is 18.8 Å². The van der Waals surface area contributed by atoms with Crippen LogP contribution in [0.15, 0.2) is 64.0 Å². The maximum atomic E-state index is 13.5. The van der Waals surface area contributed by atoms with Gasteiger partial charge in [0.25, 0.3) is 11.5 Å². The van der Waals surface area contributed by atoms with Gasteiger partial charge in [0.2, 0.25) is 11.8 Å². The Kier molecular flexibility index (Phi) is 10.6. The van der Waals surface area contributed by atoms with Crippen LogP contribution in [-0.2, 0) is 25.7 Å². The summed E-state index contributed by atoms with van der Waals surface area (Å²) in [5.74, 6) is -1.55. The molecule has 0 radical (unpaired) electrons. The molecule has 6 atom stereocenters. The van der Waals surface area contributed by atoms with Gasteiger partial charge in [0.05, 0.1) is 19.4 Å². The Morgan fingerprint density at radius 3 is 2.68 bits per heavy atom. The standard InChI is InChI=1S/C34H41N5O8/c1-20-15-22-16-23(40)18-39(17-22)31(20)37-28(41)19-38-14-8-11-26(34(38)45)36-32(43)25(10-5-7-13-29(42)46-3)35-33(44)30-21(2)24-9-4-6-12-27(24)47-30/h4,6-9,11-14,20,22-23,25,31,40H,5,10,15-19H2,1-3H3,(H,35,44)(H,36,43)(H,37,41)/b13-7+. The number of allylic oxidation sites excluding steroid dienone is 1. The molecule has 2 aliphatic rings. The molecule has 250 valence electrons. The molecular formula is C34H41N5O8. The first kappa shape index (κ1) is 33.6. The number of aromatic nitrogens is 1. The van der Waals surface area contributed by atoms with Gasteiger partial charge in [-0.2, -0.15) is 0 Å². The second kappa shape index (κ2) is 14.8. The van der Waals surface area contributed by atoms with Crippen molar-refractivity contribution in [3.8, 4) is 0 Å². The quantitative estimate of drug-likeness (QED) is 0.180. The smallest absolute Gasteiger partial charge is 0.330 e. The van der Waals surface area contributed by atoms with E-state index in [0.717, 1.165) is 24.8 Å². The van der Waals surface area contributed by atoms with Crippen LogP contribution in [0.3, 0.4) is 0 Å². The monoisotopic (exact) mass is 647 g/mol. The fraction of sp³-hybridized carbons (Fsp3) is 0.441. The molecule has 13 heteroatoms. The Balaban J connectivity index is 1.28. The number of anilines is 1. The van der Waals surface area contributed by atoms with Crippen LogP contribution in [0.2, 0.25) is 0 Å². The fourth-order valence-corrected chi connectivity index (χ4v) is 6.59. The molecule has 13 nitrogen and oxygen atoms in total. The van der Waals surface area contributed by atoms with Gasteiger partial charge in [-0.15, -0.1) is 0 Å². The van der Waals surface area contributed by atoms with E-state index in [-0.39, 0.29) is 48.8 Å². The average Bonchev–Trinajstić information content (AvgIpc) is 3.38. The number of hydrogen-bond donors (Lipinski definition) is 4. The van der Waals surface area contributed by atoms with Crippen molar-refractivity contribution in [1.29, 1.82) is 0 Å². The molecular weight excluding hydrogens is 606 g/mol. The minimum atomic E-state index is -1.11. The zero-order valence-electron chi connectivity index (χ0n) is 26.7. The van der Waals surface area contributed by atoms with Crippen molar-refractivity contribution in [2.24, 2.45) is 11.8 Å². The zero-order chi connectivity index (χ0) is 33.7. The molecule has 2 aliphatic heterocycles. The summed E-state index contributed by atoms with van der Waals surface area (Å²) in [6.07, 6.45) is 5.53. The van der Waals surface area contributed by atoms with Gasteiger partial charge in [-0.3, -0.25) is 24.1 Å². The fourth-order valence-electron chi connectivity index (χ4n) is 6.59. The predicted octanol–water partition coefficient (Wildman–Crippen LogP) is 2.31. The summed E-state index contributed by atoms with van der Waals surface area (Å²) in [6.45, 7) is 4.84. The van der Waals surface area contributed by atoms with E-state index in [4.69, 9.17) is 4.42 Å². The number of benzene rings is 1. The van der Waals surface area contributed by atoms with Crippen molar-refractivity contribution in [2.75, 3.05) is 25.5 Å². The molecule has 0 aliphatic carbocycles. The maximum Gasteiger partial charge on any atom is 0.330 e. The summed E-state index contributed by atoms with van der Waals surface area (Å²) in [6, 6.07) is 9.05. The lowest BCUT2D eigenvalue weighted by Gasteiger charge is -2.48. The Morgan fingerprint density at radius 1 is 1.13 bits per heavy atom. The van der Waals surface area contributed by atoms with Gasteiger partial charge in [0, 0.05) is 36.3 Å². The van der Waals surface area contributed by atoms with Crippen molar-refractivity contribution in [2.45, 2.75) is 64.4 Å². The molecule has 5 rings (SSSR count). The first-order chi connectivity index (χ1) is 22.5. The minimum absolute atomic E-state index is 0.0593. The van der Waals surface area contributed by atoms with E-state index in [1.54, 1.807) is 25.1 Å². The van der Waals surface area contributed by atoms with E-state index in [9.17, 15) is 29.1 Å². The second-order valence-corrected chi connectivity index (χ2v) is 12.4. The lowest BCUT2D eigenvalue weighted by molar-refractivity contribution is -0.134. The van der Waals surface area contributed by atoms with Crippen LogP contribution in [0.25, 0.3) is 11.0 Å². The number of aryl methyl sites for hydroxylation is 1. The summed E-state index contributed by atoms with van der Waals surface area (Å²) in [4.78, 5) is 66.8. The van der Waals surface area contributed by atoms with Crippen LogP contribution in [0.5, 0.6) is 0 Å². The number of methoxy groups -OCH3 is 1. The van der Waals surface area contributed by atoms with E-state index in [1.807, 2.05) is 12.1 Å². The predicted molar refractivity (Wildman–Crippen MR) is 173 cm³/mol. The molecule has 2 bridgehead atoms. The molecule has 6 unspecified atom stereocenters. The zero-order valence-corrected chi connectivity index (χ0v) is 26.7. The van der Waals surface area contributed by atoms with E-state index < -0.39 is 35.5 Å². The number of carbonyl (C=O) groups excluding carboxylic acids is 4. The number of furan rings is 1. The first-order valence-corrected chi connectivity index (χ1v) is 15.8. The molecule has 47 heavy (non-hydrogen) atoms. The van der Waals surface area contributed by atoms with E-state index in [1.165, 1.54) is 36.1 Å². The van der Waals surface area contributed by atoms with Crippen molar-refractivity contribution >= 4 is 40.3 Å². The van der Waals surface area contributed by atoms with Crippen LogP contribution in [-0.4, -0.2) is 76.8 Å². The Morgan fingerprint density at radius 2 is 1.91 bits per heavy atom. The SMILES string of the molecule is COC(=O)/C=C/CCC(NC(=O)c1oc2ccccc2c1C)C(=O)Nc1cccn(CC(=O)NC2C(C)CC3CC(O)CN2C3)c1=O. The Bertz CT molecular complexity index is 1720. The van der Waals surface area contributed by atoms with Crippen molar-refractivity contribution in [3.05, 3.63) is 76.4 Å². The number of nitrogens with zero attached hydrogens (tertiary/aromatic N) is 2. The van der Waals surface area contributed by atoms with Crippen LogP contribution in [0.4, 0.5) is 5.69 Å². The topological polar surface area (TPSA) is 172 Å². The molecule has 4 heterocycles. The number of aliphatic hydroxyl groups is 1. The summed E-state index contributed by atoms with van der Waals surface area (Å²) in [5.41, 5.74) is 0.486. The number of pyridine rings is 1. The number of aliphatic hydroxyl groups excluding tert-OH is 1. The number of ether oxygens (including phenoxy) is 1. The second-order valence-electron chi connectivity index (χ2n) is 12.4. The normalized spacial score (nSPS) is 22.9. The van der Waals surface area contributed by atoms with E-state index >= 15 is 0 Å². The van der Waals surface area contributed by atoms with Gasteiger partial charge in [0.15, 0.2) is 5.76 Å². The summed E-state index contributed by atoms with van der Waals surface area (Å²) >= 11 is 0.